The lowest BCUT2D eigenvalue weighted by molar-refractivity contribution is -0.123. The summed E-state index contributed by atoms with van der Waals surface area (Å²) in [6.07, 6.45) is 4.10. The molecule has 0 spiro atoms. The molecule has 1 amide bonds. The van der Waals surface area contributed by atoms with Crippen molar-refractivity contribution in [2.45, 2.75) is 32.2 Å². The summed E-state index contributed by atoms with van der Waals surface area (Å²) in [6.45, 7) is 0.669. The fraction of sp³-hybridized carbons (Fsp3) is 0.389. The number of ether oxygens (including phenoxy) is 1. The fourth-order valence-electron chi connectivity index (χ4n) is 2.78. The van der Waals surface area contributed by atoms with Gasteiger partial charge in [-0.3, -0.25) is 9.59 Å². The monoisotopic (exact) mass is 327 g/mol. The molecule has 6 nitrogen and oxygen atoms in total. The molecule has 1 aromatic heterocycles. The van der Waals surface area contributed by atoms with Crippen molar-refractivity contribution in [1.29, 1.82) is 0 Å². The van der Waals surface area contributed by atoms with E-state index < -0.39 is 0 Å². The van der Waals surface area contributed by atoms with Gasteiger partial charge in [-0.1, -0.05) is 18.2 Å². The number of aryl methyl sites for hydroxylation is 2. The predicted octanol–water partition coefficient (Wildman–Crippen LogP) is 1.32. The summed E-state index contributed by atoms with van der Waals surface area (Å²) in [5.41, 5.74) is 1.98. The van der Waals surface area contributed by atoms with Crippen molar-refractivity contribution in [3.05, 3.63) is 58.0 Å². The quantitative estimate of drug-likeness (QED) is 0.868. The Kier molecular flexibility index (Phi) is 5.25. The largest absolute Gasteiger partial charge is 0.484 e. The van der Waals surface area contributed by atoms with E-state index in [0.717, 1.165) is 36.9 Å². The van der Waals surface area contributed by atoms with E-state index in [1.54, 1.807) is 18.2 Å². The molecule has 24 heavy (non-hydrogen) atoms. The van der Waals surface area contributed by atoms with E-state index in [-0.39, 0.29) is 18.1 Å². The van der Waals surface area contributed by atoms with Gasteiger partial charge in [-0.25, -0.2) is 4.68 Å². The van der Waals surface area contributed by atoms with Gasteiger partial charge < -0.3 is 10.1 Å². The fourth-order valence-corrected chi connectivity index (χ4v) is 2.78. The number of hydrogen-bond acceptors (Lipinski definition) is 4. The molecule has 3 rings (SSSR count). The minimum atomic E-state index is -0.218. The van der Waals surface area contributed by atoms with Crippen LogP contribution in [-0.4, -0.2) is 28.8 Å². The summed E-state index contributed by atoms with van der Waals surface area (Å²) in [4.78, 5) is 23.8. The molecule has 1 aromatic carbocycles. The smallest absolute Gasteiger partial charge is 0.267 e. The van der Waals surface area contributed by atoms with E-state index in [4.69, 9.17) is 4.74 Å². The van der Waals surface area contributed by atoms with Crippen molar-refractivity contribution >= 4 is 5.91 Å². The molecule has 0 unspecified atom stereocenters. The Hall–Kier alpha value is -2.63. The van der Waals surface area contributed by atoms with E-state index in [1.165, 1.54) is 4.68 Å². The second-order valence-electron chi connectivity index (χ2n) is 5.84. The number of hydrogen-bond donors (Lipinski definition) is 1. The van der Waals surface area contributed by atoms with E-state index in [9.17, 15) is 9.59 Å². The summed E-state index contributed by atoms with van der Waals surface area (Å²) >= 11 is 0. The highest BCUT2D eigenvalue weighted by atomic mass is 16.5. The first-order valence-electron chi connectivity index (χ1n) is 8.27. The van der Waals surface area contributed by atoms with Crippen LogP contribution in [0.4, 0.5) is 0 Å². The van der Waals surface area contributed by atoms with Gasteiger partial charge in [0.25, 0.3) is 11.5 Å². The van der Waals surface area contributed by atoms with Gasteiger partial charge in [-0.2, -0.15) is 5.10 Å². The number of benzene rings is 1. The topological polar surface area (TPSA) is 73.2 Å². The number of rotatable bonds is 6. The second kappa shape index (κ2) is 7.77. The number of carbonyl (C=O) groups excluding carboxylic acids is 1. The minimum absolute atomic E-state index is 0.0451. The Labute approximate surface area is 140 Å². The van der Waals surface area contributed by atoms with Crippen LogP contribution in [0.2, 0.25) is 0 Å². The van der Waals surface area contributed by atoms with Crippen molar-refractivity contribution in [3.63, 3.8) is 0 Å². The number of nitrogens with one attached hydrogen (secondary N) is 1. The molecule has 1 aliphatic carbocycles. The molecule has 0 saturated carbocycles. The van der Waals surface area contributed by atoms with Gasteiger partial charge in [0.05, 0.1) is 12.2 Å². The van der Waals surface area contributed by atoms with Gasteiger partial charge in [0.2, 0.25) is 0 Å². The third kappa shape index (κ3) is 4.22. The number of aromatic nitrogens is 2. The van der Waals surface area contributed by atoms with Crippen LogP contribution in [0.5, 0.6) is 5.75 Å². The molecule has 0 radical (unpaired) electrons. The third-order valence-electron chi connectivity index (χ3n) is 4.03. The maximum absolute atomic E-state index is 12.0. The molecular weight excluding hydrogens is 306 g/mol. The maximum Gasteiger partial charge on any atom is 0.267 e. The van der Waals surface area contributed by atoms with Gasteiger partial charge in [-0.05, 0) is 43.4 Å². The zero-order chi connectivity index (χ0) is 16.8. The number of para-hydroxylation sites is 1. The molecular formula is C18H21N3O3. The average molecular weight is 327 g/mol. The zero-order valence-corrected chi connectivity index (χ0v) is 13.5. The molecule has 126 valence electrons. The van der Waals surface area contributed by atoms with Crippen LogP contribution >= 0.6 is 0 Å². The standard InChI is InChI=1S/C18H21N3O3/c22-17(13-24-15-7-2-1-3-8-15)19-10-11-21-18(23)12-14-6-4-5-9-16(14)20-21/h1-3,7-8,12H,4-6,9-11,13H2,(H,19,22). The van der Waals surface area contributed by atoms with E-state index in [0.29, 0.717) is 18.8 Å². The summed E-state index contributed by atoms with van der Waals surface area (Å²) in [6, 6.07) is 10.9. The van der Waals surface area contributed by atoms with Gasteiger partial charge in [-0.15, -0.1) is 0 Å². The lowest BCUT2D eigenvalue weighted by Gasteiger charge is -2.16. The highest BCUT2D eigenvalue weighted by Gasteiger charge is 2.13. The lowest BCUT2D eigenvalue weighted by atomic mass is 9.97. The zero-order valence-electron chi connectivity index (χ0n) is 13.5. The molecule has 1 heterocycles. The lowest BCUT2D eigenvalue weighted by Crippen LogP contribution is -2.35. The molecule has 0 saturated heterocycles. The van der Waals surface area contributed by atoms with Crippen LogP contribution in [0, 0.1) is 0 Å². The van der Waals surface area contributed by atoms with Crippen LogP contribution in [0.15, 0.2) is 41.2 Å². The Morgan fingerprint density at radius 1 is 1.21 bits per heavy atom. The Morgan fingerprint density at radius 3 is 2.83 bits per heavy atom. The molecule has 1 aliphatic rings. The average Bonchev–Trinajstić information content (AvgIpc) is 2.61. The molecule has 0 atom stereocenters. The number of nitrogens with zero attached hydrogens (tertiary/aromatic N) is 2. The third-order valence-corrected chi connectivity index (χ3v) is 4.03. The molecule has 0 bridgehead atoms. The second-order valence-corrected chi connectivity index (χ2v) is 5.84. The van der Waals surface area contributed by atoms with Crippen molar-refractivity contribution in [2.75, 3.05) is 13.2 Å². The normalized spacial score (nSPS) is 13.2. The summed E-state index contributed by atoms with van der Waals surface area (Å²) in [5, 5.41) is 7.17. The minimum Gasteiger partial charge on any atom is -0.484 e. The van der Waals surface area contributed by atoms with Crippen LogP contribution in [-0.2, 0) is 24.2 Å². The summed E-state index contributed by atoms with van der Waals surface area (Å²) in [5.74, 6) is 0.435. The predicted molar refractivity (Wildman–Crippen MR) is 90.1 cm³/mol. The Balaban J connectivity index is 1.47. The molecule has 0 aliphatic heterocycles. The Morgan fingerprint density at radius 2 is 2.00 bits per heavy atom. The van der Waals surface area contributed by atoms with Crippen molar-refractivity contribution in [3.8, 4) is 5.75 Å². The number of carbonyl (C=O) groups is 1. The van der Waals surface area contributed by atoms with Crippen molar-refractivity contribution < 1.29 is 9.53 Å². The van der Waals surface area contributed by atoms with Crippen molar-refractivity contribution in [1.82, 2.24) is 15.1 Å². The van der Waals surface area contributed by atoms with Gasteiger partial charge in [0, 0.05) is 12.6 Å². The van der Waals surface area contributed by atoms with Gasteiger partial charge >= 0.3 is 0 Å². The number of fused-ring (bicyclic) bond motifs is 1. The van der Waals surface area contributed by atoms with E-state index >= 15 is 0 Å². The first-order valence-corrected chi connectivity index (χ1v) is 8.27. The summed E-state index contributed by atoms with van der Waals surface area (Å²) in [7, 11) is 0. The van der Waals surface area contributed by atoms with Gasteiger partial charge in [0.1, 0.15) is 5.75 Å². The Bertz CT molecular complexity index is 756. The highest BCUT2D eigenvalue weighted by Crippen LogP contribution is 2.16. The molecule has 0 fully saturated rings. The molecule has 2 aromatic rings. The highest BCUT2D eigenvalue weighted by molar-refractivity contribution is 5.77. The maximum atomic E-state index is 12.0. The van der Waals surface area contributed by atoms with Crippen LogP contribution in [0.1, 0.15) is 24.1 Å². The van der Waals surface area contributed by atoms with Crippen LogP contribution < -0.4 is 15.6 Å². The first kappa shape index (κ1) is 16.2. The van der Waals surface area contributed by atoms with Crippen LogP contribution in [0.3, 0.4) is 0 Å². The molecule has 6 heteroatoms. The summed E-state index contributed by atoms with van der Waals surface area (Å²) < 4.78 is 6.81. The number of amides is 1. The SMILES string of the molecule is O=C(COc1ccccc1)NCCn1nc2c(cc1=O)CCCC2. The molecule has 1 N–H and O–H groups in total. The van der Waals surface area contributed by atoms with E-state index in [2.05, 4.69) is 10.4 Å². The van der Waals surface area contributed by atoms with E-state index in [1.807, 2.05) is 18.2 Å². The first-order chi connectivity index (χ1) is 11.7. The van der Waals surface area contributed by atoms with Crippen molar-refractivity contribution in [2.24, 2.45) is 0 Å². The van der Waals surface area contributed by atoms with Crippen LogP contribution in [0.25, 0.3) is 0 Å². The van der Waals surface area contributed by atoms with Gasteiger partial charge in [0.15, 0.2) is 6.61 Å².